The Labute approximate surface area is 177 Å². The number of likely N-dealkylation sites (N-methyl/N-ethyl adjacent to an activating group) is 1. The summed E-state index contributed by atoms with van der Waals surface area (Å²) >= 11 is 6.04. The number of benzene rings is 2. The highest BCUT2D eigenvalue weighted by Gasteiger charge is 2.40. The zero-order valence-corrected chi connectivity index (χ0v) is 17.8. The lowest BCUT2D eigenvalue weighted by molar-refractivity contribution is 0.137. The monoisotopic (exact) mass is 406 g/mol. The maximum atomic E-state index is 6.04. The van der Waals surface area contributed by atoms with Gasteiger partial charge in [-0.15, -0.1) is 10.2 Å². The Bertz CT molecular complexity index is 978. The molecule has 1 unspecified atom stereocenters. The average Bonchev–Trinajstić information content (AvgIpc) is 3.16. The minimum absolute atomic E-state index is 0.262. The topological polar surface area (TPSA) is 34.0 Å². The van der Waals surface area contributed by atoms with Crippen molar-refractivity contribution >= 4 is 11.6 Å². The SMILES string of the molecule is Cc1nnc(C2(N(C)CCc3ccc(Cl)cc3)C=CCCC2)n1-c1ccccc1. The fraction of sp³-hybridized carbons (Fsp3) is 0.333. The molecule has 3 aromatic rings. The zero-order valence-electron chi connectivity index (χ0n) is 17.1. The summed E-state index contributed by atoms with van der Waals surface area (Å²) in [5.74, 6) is 1.91. The third kappa shape index (κ3) is 4.00. The van der Waals surface area contributed by atoms with Crippen molar-refractivity contribution < 1.29 is 0 Å². The standard InChI is InChI=1S/C24H27ClN4/c1-19-26-27-23(29(19)22-9-5-3-6-10-22)24(16-7-4-8-17-24)28(2)18-15-20-11-13-21(25)14-12-20/h3,5-7,9-14,16H,4,8,15,17-18H2,1-2H3. The maximum absolute atomic E-state index is 6.04. The van der Waals surface area contributed by atoms with Crippen LogP contribution >= 0.6 is 11.6 Å². The van der Waals surface area contributed by atoms with Gasteiger partial charge in [-0.25, -0.2) is 0 Å². The van der Waals surface area contributed by atoms with E-state index in [0.29, 0.717) is 0 Å². The van der Waals surface area contributed by atoms with Crippen LogP contribution < -0.4 is 0 Å². The van der Waals surface area contributed by atoms with Gasteiger partial charge in [-0.1, -0.05) is 54.1 Å². The second-order valence-corrected chi connectivity index (χ2v) is 8.20. The van der Waals surface area contributed by atoms with E-state index in [0.717, 1.165) is 54.6 Å². The first-order valence-corrected chi connectivity index (χ1v) is 10.6. The summed E-state index contributed by atoms with van der Waals surface area (Å²) < 4.78 is 2.20. The number of hydrogen-bond acceptors (Lipinski definition) is 3. The van der Waals surface area contributed by atoms with Gasteiger partial charge < -0.3 is 0 Å². The van der Waals surface area contributed by atoms with E-state index in [1.54, 1.807) is 0 Å². The molecule has 29 heavy (non-hydrogen) atoms. The van der Waals surface area contributed by atoms with Crippen LogP contribution in [0.25, 0.3) is 5.69 Å². The van der Waals surface area contributed by atoms with E-state index in [1.807, 2.05) is 25.1 Å². The molecule has 4 rings (SSSR count). The normalized spacial score (nSPS) is 19.0. The van der Waals surface area contributed by atoms with E-state index in [-0.39, 0.29) is 5.54 Å². The van der Waals surface area contributed by atoms with E-state index in [9.17, 15) is 0 Å². The predicted molar refractivity (Wildman–Crippen MR) is 119 cm³/mol. The smallest absolute Gasteiger partial charge is 0.162 e. The minimum Gasteiger partial charge on any atom is -0.290 e. The van der Waals surface area contributed by atoms with Gasteiger partial charge in [-0.2, -0.15) is 0 Å². The van der Waals surface area contributed by atoms with E-state index >= 15 is 0 Å². The lowest BCUT2D eigenvalue weighted by atomic mass is 9.84. The summed E-state index contributed by atoms with van der Waals surface area (Å²) in [6.45, 7) is 2.95. The first-order chi connectivity index (χ1) is 14.1. The Balaban J connectivity index is 1.68. The van der Waals surface area contributed by atoms with Gasteiger partial charge in [0.15, 0.2) is 5.82 Å². The van der Waals surface area contributed by atoms with Gasteiger partial charge in [-0.05, 0) is 69.5 Å². The van der Waals surface area contributed by atoms with Crippen LogP contribution in [-0.2, 0) is 12.0 Å². The van der Waals surface area contributed by atoms with Gasteiger partial charge in [0, 0.05) is 17.3 Å². The molecule has 5 heteroatoms. The van der Waals surface area contributed by atoms with Crippen LogP contribution in [0.3, 0.4) is 0 Å². The second kappa shape index (κ2) is 8.52. The average molecular weight is 407 g/mol. The van der Waals surface area contributed by atoms with Crippen molar-refractivity contribution in [2.45, 2.75) is 38.1 Å². The Morgan fingerprint density at radius 2 is 1.83 bits per heavy atom. The van der Waals surface area contributed by atoms with Crippen LogP contribution in [0.1, 0.15) is 36.5 Å². The lowest BCUT2D eigenvalue weighted by Crippen LogP contribution is -2.46. The highest BCUT2D eigenvalue weighted by atomic mass is 35.5. The van der Waals surface area contributed by atoms with Crippen molar-refractivity contribution in [1.29, 1.82) is 0 Å². The van der Waals surface area contributed by atoms with Crippen LogP contribution in [-0.4, -0.2) is 33.3 Å². The van der Waals surface area contributed by atoms with Crippen molar-refractivity contribution in [2.75, 3.05) is 13.6 Å². The van der Waals surface area contributed by atoms with Gasteiger partial charge in [-0.3, -0.25) is 9.47 Å². The van der Waals surface area contributed by atoms with Gasteiger partial charge in [0.05, 0.1) is 0 Å². The Morgan fingerprint density at radius 3 is 2.52 bits per heavy atom. The molecular weight excluding hydrogens is 380 g/mol. The summed E-state index contributed by atoms with van der Waals surface area (Å²) in [7, 11) is 2.20. The number of hydrogen-bond donors (Lipinski definition) is 0. The molecule has 1 aliphatic carbocycles. The van der Waals surface area contributed by atoms with E-state index in [2.05, 4.69) is 75.3 Å². The van der Waals surface area contributed by atoms with Crippen LogP contribution in [0.4, 0.5) is 0 Å². The molecular formula is C24H27ClN4. The number of halogens is 1. The molecule has 0 N–H and O–H groups in total. The third-order valence-electron chi connectivity index (χ3n) is 5.88. The summed E-state index contributed by atoms with van der Waals surface area (Å²) in [5, 5.41) is 9.92. The fourth-order valence-corrected chi connectivity index (χ4v) is 4.33. The van der Waals surface area contributed by atoms with Crippen LogP contribution in [0.5, 0.6) is 0 Å². The summed E-state index contributed by atoms with van der Waals surface area (Å²) in [4.78, 5) is 2.43. The summed E-state index contributed by atoms with van der Waals surface area (Å²) in [6.07, 6.45) is 8.88. The highest BCUT2D eigenvalue weighted by molar-refractivity contribution is 6.30. The Hall–Kier alpha value is -2.43. The first-order valence-electron chi connectivity index (χ1n) is 10.2. The number of para-hydroxylation sites is 1. The number of nitrogens with zero attached hydrogens (tertiary/aromatic N) is 4. The molecule has 2 aromatic carbocycles. The van der Waals surface area contributed by atoms with E-state index < -0.39 is 0 Å². The van der Waals surface area contributed by atoms with Gasteiger partial charge in [0.1, 0.15) is 11.4 Å². The molecule has 0 aliphatic heterocycles. The molecule has 1 aliphatic rings. The molecule has 1 heterocycles. The van der Waals surface area contributed by atoms with Gasteiger partial charge >= 0.3 is 0 Å². The van der Waals surface area contributed by atoms with E-state index in [1.165, 1.54) is 5.56 Å². The molecule has 1 aromatic heterocycles. The van der Waals surface area contributed by atoms with Crippen molar-refractivity contribution in [3.05, 3.63) is 89.0 Å². The van der Waals surface area contributed by atoms with Crippen molar-refractivity contribution in [2.24, 2.45) is 0 Å². The zero-order chi connectivity index (χ0) is 20.3. The minimum atomic E-state index is -0.262. The predicted octanol–water partition coefficient (Wildman–Crippen LogP) is 5.34. The van der Waals surface area contributed by atoms with Crippen molar-refractivity contribution in [3.8, 4) is 5.69 Å². The van der Waals surface area contributed by atoms with Gasteiger partial charge in [0.2, 0.25) is 0 Å². The molecule has 0 bridgehead atoms. The molecule has 4 nitrogen and oxygen atoms in total. The van der Waals surface area contributed by atoms with Crippen LogP contribution in [0, 0.1) is 6.92 Å². The lowest BCUT2D eigenvalue weighted by Gasteiger charge is -2.41. The summed E-state index contributed by atoms with van der Waals surface area (Å²) in [6, 6.07) is 18.5. The molecule has 0 fully saturated rings. The number of rotatable bonds is 6. The number of aromatic nitrogens is 3. The molecule has 0 spiro atoms. The Kier molecular flexibility index (Phi) is 5.84. The van der Waals surface area contributed by atoms with Crippen LogP contribution in [0.15, 0.2) is 66.7 Å². The largest absolute Gasteiger partial charge is 0.290 e. The molecule has 0 radical (unpaired) electrons. The molecule has 0 amide bonds. The highest BCUT2D eigenvalue weighted by Crippen LogP contribution is 2.38. The fourth-order valence-electron chi connectivity index (χ4n) is 4.20. The number of aryl methyl sites for hydroxylation is 1. The molecule has 150 valence electrons. The Morgan fingerprint density at radius 1 is 1.07 bits per heavy atom. The van der Waals surface area contributed by atoms with E-state index in [4.69, 9.17) is 11.6 Å². The second-order valence-electron chi connectivity index (χ2n) is 7.76. The number of allylic oxidation sites excluding steroid dienone is 1. The summed E-state index contributed by atoms with van der Waals surface area (Å²) in [5.41, 5.74) is 2.13. The molecule has 0 saturated carbocycles. The van der Waals surface area contributed by atoms with Crippen molar-refractivity contribution in [3.63, 3.8) is 0 Å². The first kappa shape index (κ1) is 19.9. The van der Waals surface area contributed by atoms with Crippen LogP contribution in [0.2, 0.25) is 5.02 Å². The molecule has 0 saturated heterocycles. The van der Waals surface area contributed by atoms with Crippen molar-refractivity contribution in [1.82, 2.24) is 19.7 Å². The van der Waals surface area contributed by atoms with Gasteiger partial charge in [0.25, 0.3) is 0 Å². The maximum Gasteiger partial charge on any atom is 0.162 e. The molecule has 1 atom stereocenters. The third-order valence-corrected chi connectivity index (χ3v) is 6.13. The quantitative estimate of drug-likeness (QED) is 0.518.